The maximum Gasteiger partial charge on any atom is 0.306 e. The fraction of sp³-hybridized carbons (Fsp3) is 0.579. The highest BCUT2D eigenvalue weighted by atomic mass is 35.5. The molecule has 1 aromatic rings. The van der Waals surface area contributed by atoms with Gasteiger partial charge < -0.3 is 15.2 Å². The van der Waals surface area contributed by atoms with E-state index in [1.165, 1.54) is 0 Å². The van der Waals surface area contributed by atoms with Crippen molar-refractivity contribution in [3.63, 3.8) is 0 Å². The Balaban J connectivity index is 0.00000338. The van der Waals surface area contributed by atoms with E-state index in [4.69, 9.17) is 9.84 Å². The van der Waals surface area contributed by atoms with E-state index in [9.17, 15) is 9.59 Å². The van der Waals surface area contributed by atoms with Gasteiger partial charge in [-0.3, -0.25) is 14.5 Å². The van der Waals surface area contributed by atoms with Gasteiger partial charge in [0.25, 0.3) is 0 Å². The Morgan fingerprint density at radius 2 is 1.92 bits per heavy atom. The van der Waals surface area contributed by atoms with E-state index in [0.29, 0.717) is 45.6 Å². The predicted octanol–water partition coefficient (Wildman–Crippen LogP) is 2.49. The molecule has 1 atom stereocenters. The number of nitrogens with zero attached hydrogens (tertiary/aromatic N) is 1. The van der Waals surface area contributed by atoms with E-state index < -0.39 is 5.97 Å². The number of amides is 1. The average molecular weight is 385 g/mol. The minimum Gasteiger partial charge on any atom is -0.481 e. The Bertz CT molecular complexity index is 548. The van der Waals surface area contributed by atoms with Gasteiger partial charge in [-0.15, -0.1) is 12.4 Å². The Morgan fingerprint density at radius 1 is 1.27 bits per heavy atom. The van der Waals surface area contributed by atoms with E-state index in [0.717, 1.165) is 12.0 Å². The molecule has 0 bridgehead atoms. The summed E-state index contributed by atoms with van der Waals surface area (Å²) in [6.07, 6.45) is 2.05. The third-order valence-corrected chi connectivity index (χ3v) is 4.58. The van der Waals surface area contributed by atoms with Crippen LogP contribution in [-0.4, -0.2) is 54.7 Å². The zero-order valence-corrected chi connectivity index (χ0v) is 16.0. The first-order valence-electron chi connectivity index (χ1n) is 8.94. The standard InChI is InChI=1S/C19H28N2O4.ClH/c1-15(16-6-3-2-4-7-16)25-13-5-10-20-18(22)14-21-11-8-17(9-12-21)19(23)24;/h2-4,6-7,15,17H,5,8-14H2,1H3,(H,20,22)(H,23,24);1H. The molecule has 0 aliphatic carbocycles. The number of carbonyl (C=O) groups is 2. The van der Waals surface area contributed by atoms with Crippen molar-refractivity contribution < 1.29 is 19.4 Å². The number of ether oxygens (including phenoxy) is 1. The molecule has 1 heterocycles. The molecule has 1 aromatic carbocycles. The lowest BCUT2D eigenvalue weighted by molar-refractivity contribution is -0.143. The van der Waals surface area contributed by atoms with Crippen LogP contribution in [0.1, 0.15) is 37.9 Å². The molecular formula is C19H29ClN2O4. The minimum atomic E-state index is -0.728. The van der Waals surface area contributed by atoms with E-state index in [-0.39, 0.29) is 30.3 Å². The third kappa shape index (κ3) is 7.72. The lowest BCUT2D eigenvalue weighted by Crippen LogP contribution is -2.42. The van der Waals surface area contributed by atoms with Crippen LogP contribution in [0.4, 0.5) is 0 Å². The van der Waals surface area contributed by atoms with Gasteiger partial charge in [-0.1, -0.05) is 30.3 Å². The van der Waals surface area contributed by atoms with Crippen LogP contribution in [0.5, 0.6) is 0 Å². The molecule has 1 unspecified atom stereocenters. The van der Waals surface area contributed by atoms with Crippen molar-refractivity contribution in [3.8, 4) is 0 Å². The number of hydrogen-bond acceptors (Lipinski definition) is 4. The van der Waals surface area contributed by atoms with Crippen molar-refractivity contribution in [1.82, 2.24) is 10.2 Å². The maximum atomic E-state index is 11.9. The number of carbonyl (C=O) groups excluding carboxylic acids is 1. The van der Waals surface area contributed by atoms with Gasteiger partial charge in [-0.25, -0.2) is 0 Å². The molecule has 0 saturated carbocycles. The van der Waals surface area contributed by atoms with Crippen molar-refractivity contribution >= 4 is 24.3 Å². The SMILES string of the molecule is CC(OCCCNC(=O)CN1CCC(C(=O)O)CC1)c1ccccc1.Cl. The fourth-order valence-corrected chi connectivity index (χ4v) is 2.98. The molecule has 2 N–H and O–H groups in total. The summed E-state index contributed by atoms with van der Waals surface area (Å²) in [5.41, 5.74) is 1.15. The molecule has 146 valence electrons. The highest BCUT2D eigenvalue weighted by Crippen LogP contribution is 2.17. The Morgan fingerprint density at radius 3 is 2.54 bits per heavy atom. The van der Waals surface area contributed by atoms with E-state index in [1.54, 1.807) is 0 Å². The van der Waals surface area contributed by atoms with Gasteiger partial charge in [0.15, 0.2) is 0 Å². The fourth-order valence-electron chi connectivity index (χ4n) is 2.98. The number of halogens is 1. The molecule has 0 radical (unpaired) electrons. The van der Waals surface area contributed by atoms with Crippen LogP contribution in [-0.2, 0) is 14.3 Å². The quantitative estimate of drug-likeness (QED) is 0.639. The summed E-state index contributed by atoms with van der Waals surface area (Å²) in [7, 11) is 0. The number of benzene rings is 1. The molecule has 1 fully saturated rings. The summed E-state index contributed by atoms with van der Waals surface area (Å²) in [6, 6.07) is 10.1. The normalized spacial score (nSPS) is 16.5. The predicted molar refractivity (Wildman–Crippen MR) is 102 cm³/mol. The molecule has 1 amide bonds. The summed E-state index contributed by atoms with van der Waals surface area (Å²) < 4.78 is 5.78. The smallest absolute Gasteiger partial charge is 0.306 e. The molecule has 1 aliphatic rings. The number of carboxylic acid groups (broad SMARTS) is 1. The molecule has 7 heteroatoms. The van der Waals surface area contributed by atoms with Crippen LogP contribution >= 0.6 is 12.4 Å². The molecule has 1 aliphatic heterocycles. The zero-order valence-electron chi connectivity index (χ0n) is 15.2. The largest absolute Gasteiger partial charge is 0.481 e. The van der Waals surface area contributed by atoms with Crippen molar-refractivity contribution in [2.24, 2.45) is 5.92 Å². The lowest BCUT2D eigenvalue weighted by Gasteiger charge is -2.29. The number of hydrogen-bond donors (Lipinski definition) is 2. The Labute approximate surface area is 161 Å². The van der Waals surface area contributed by atoms with E-state index >= 15 is 0 Å². The number of piperidine rings is 1. The number of carboxylic acids is 1. The summed E-state index contributed by atoms with van der Waals surface area (Å²) in [6.45, 7) is 4.89. The third-order valence-electron chi connectivity index (χ3n) is 4.58. The Kier molecular flexibility index (Phi) is 10.2. The van der Waals surface area contributed by atoms with Crippen LogP contribution in [0.15, 0.2) is 30.3 Å². The van der Waals surface area contributed by atoms with Crippen molar-refractivity contribution in [2.75, 3.05) is 32.8 Å². The first-order chi connectivity index (χ1) is 12.1. The number of nitrogens with one attached hydrogen (secondary N) is 1. The van der Waals surface area contributed by atoms with Crippen LogP contribution in [0.3, 0.4) is 0 Å². The van der Waals surface area contributed by atoms with Crippen molar-refractivity contribution in [1.29, 1.82) is 0 Å². The topological polar surface area (TPSA) is 78.9 Å². The second-order valence-electron chi connectivity index (χ2n) is 6.52. The lowest BCUT2D eigenvalue weighted by atomic mass is 9.97. The number of rotatable bonds is 9. The molecular weight excluding hydrogens is 356 g/mol. The average Bonchev–Trinajstić information content (AvgIpc) is 2.62. The summed E-state index contributed by atoms with van der Waals surface area (Å²) >= 11 is 0. The summed E-state index contributed by atoms with van der Waals surface area (Å²) in [5, 5.41) is 11.9. The van der Waals surface area contributed by atoms with Crippen LogP contribution < -0.4 is 5.32 Å². The van der Waals surface area contributed by atoms with E-state index in [1.807, 2.05) is 42.2 Å². The molecule has 6 nitrogen and oxygen atoms in total. The molecule has 0 spiro atoms. The minimum absolute atomic E-state index is 0. The van der Waals surface area contributed by atoms with Crippen LogP contribution in [0.25, 0.3) is 0 Å². The van der Waals surface area contributed by atoms with Gasteiger partial charge in [0, 0.05) is 13.2 Å². The second-order valence-corrected chi connectivity index (χ2v) is 6.52. The van der Waals surface area contributed by atoms with Gasteiger partial charge in [-0.2, -0.15) is 0 Å². The van der Waals surface area contributed by atoms with Crippen molar-refractivity contribution in [2.45, 2.75) is 32.3 Å². The zero-order chi connectivity index (χ0) is 18.1. The number of aliphatic carboxylic acids is 1. The highest BCUT2D eigenvalue weighted by molar-refractivity contribution is 5.85. The van der Waals surface area contributed by atoms with Crippen LogP contribution in [0, 0.1) is 5.92 Å². The molecule has 2 rings (SSSR count). The first kappa shape index (κ1) is 22.4. The van der Waals surface area contributed by atoms with Gasteiger partial charge in [0.1, 0.15) is 0 Å². The highest BCUT2D eigenvalue weighted by Gasteiger charge is 2.25. The molecule has 1 saturated heterocycles. The van der Waals surface area contributed by atoms with Crippen LogP contribution in [0.2, 0.25) is 0 Å². The van der Waals surface area contributed by atoms with Crippen molar-refractivity contribution in [3.05, 3.63) is 35.9 Å². The molecule has 26 heavy (non-hydrogen) atoms. The Hall–Kier alpha value is -1.63. The monoisotopic (exact) mass is 384 g/mol. The van der Waals surface area contributed by atoms with Gasteiger partial charge in [-0.05, 0) is 44.8 Å². The summed E-state index contributed by atoms with van der Waals surface area (Å²) in [4.78, 5) is 24.9. The number of likely N-dealkylation sites (tertiary alicyclic amines) is 1. The maximum absolute atomic E-state index is 11.9. The first-order valence-corrected chi connectivity index (χ1v) is 8.94. The van der Waals surface area contributed by atoms with E-state index in [2.05, 4.69) is 5.32 Å². The van der Waals surface area contributed by atoms with Gasteiger partial charge >= 0.3 is 5.97 Å². The summed E-state index contributed by atoms with van der Waals surface area (Å²) in [5.74, 6) is -0.998. The van der Waals surface area contributed by atoms with Gasteiger partial charge in [0.05, 0.1) is 18.6 Å². The van der Waals surface area contributed by atoms with Gasteiger partial charge in [0.2, 0.25) is 5.91 Å². The second kappa shape index (κ2) is 11.9. The molecule has 0 aromatic heterocycles.